The Balaban J connectivity index is 0.000000142. The fourth-order valence-electron chi connectivity index (χ4n) is 17.6. The van der Waals surface area contributed by atoms with Crippen LogP contribution in [0.3, 0.4) is 0 Å². The molecule has 22 rings (SSSR count). The first-order valence-electron chi connectivity index (χ1n) is 44.4. The molecule has 0 radical (unpaired) electrons. The number of anilines is 3. The van der Waals surface area contributed by atoms with Crippen LogP contribution in [0.15, 0.2) is 414 Å². The second kappa shape index (κ2) is 44.9. The predicted octanol–water partition coefficient (Wildman–Crippen LogP) is 20.2. The average molecular weight is 2580 g/mol. The molecule has 0 aliphatic carbocycles. The van der Waals surface area contributed by atoms with Crippen molar-refractivity contribution in [3.8, 4) is 90.3 Å². The zero-order valence-electron chi connectivity index (χ0n) is 76.0. The minimum absolute atomic E-state index is 0. The van der Waals surface area contributed by atoms with Crippen LogP contribution in [-0.4, -0.2) is 148 Å². The van der Waals surface area contributed by atoms with Crippen molar-refractivity contribution in [2.24, 2.45) is 20.0 Å². The minimum Gasteiger partial charge on any atom is -0.686 e. The quantitative estimate of drug-likeness (QED) is 0.0325. The van der Waals surface area contributed by atoms with Gasteiger partial charge in [-0.1, -0.05) is 249 Å². The van der Waals surface area contributed by atoms with Crippen LogP contribution in [0.4, 0.5) is 40.1 Å². The number of carbonyl (C=O) groups is 2. The van der Waals surface area contributed by atoms with E-state index >= 15 is 0 Å². The van der Waals surface area contributed by atoms with E-state index in [1.165, 1.54) is 12.1 Å². The van der Waals surface area contributed by atoms with Gasteiger partial charge in [-0.05, 0) is 143 Å². The molecule has 4 aliphatic heterocycles. The summed E-state index contributed by atoms with van der Waals surface area (Å²) < 4.78 is 7.93. The predicted molar refractivity (Wildman–Crippen MR) is 540 cm³/mol. The van der Waals surface area contributed by atoms with E-state index in [0.717, 1.165) is 95.0 Å². The van der Waals surface area contributed by atoms with E-state index in [2.05, 4.69) is 115 Å². The Labute approximate surface area is 869 Å². The number of pyridine rings is 4. The molecular weight excluding hydrogens is 2490 g/mol. The van der Waals surface area contributed by atoms with Crippen LogP contribution in [-0.2, 0) is 84.3 Å². The Hall–Kier alpha value is -15.6. The number of carboxylic acid groups (broad SMARTS) is 2. The Morgan fingerprint density at radius 3 is 0.986 bits per heavy atom. The van der Waals surface area contributed by atoms with Gasteiger partial charge in [0.15, 0.2) is 23.1 Å². The number of rotatable bonds is 19. The number of hydrogen-bond donors (Lipinski definition) is 6. The number of aromatic nitrogens is 4. The van der Waals surface area contributed by atoms with Crippen LogP contribution >= 0.6 is 0 Å². The number of para-hydroxylation sites is 11. The van der Waals surface area contributed by atoms with E-state index in [1.54, 1.807) is 60.7 Å². The Morgan fingerprint density at radius 2 is 0.631 bits per heavy atom. The van der Waals surface area contributed by atoms with Gasteiger partial charge in [0.05, 0.1) is 44.9 Å². The summed E-state index contributed by atoms with van der Waals surface area (Å²) in [5.74, 6) is -0.0514. The van der Waals surface area contributed by atoms with Crippen molar-refractivity contribution in [3.05, 3.63) is 449 Å². The summed E-state index contributed by atoms with van der Waals surface area (Å²) in [6, 6.07) is 126. The molecule has 0 fully saturated rings. The van der Waals surface area contributed by atoms with Crippen molar-refractivity contribution < 1.29 is 134 Å². The van der Waals surface area contributed by atoms with E-state index in [1.807, 2.05) is 291 Å². The summed E-state index contributed by atoms with van der Waals surface area (Å²) in [5, 5.41) is 74.0. The summed E-state index contributed by atoms with van der Waals surface area (Å²) in [6.45, 7) is 0. The molecule has 704 valence electrons. The topological polar surface area (TPSA) is 300 Å². The fourth-order valence-corrected chi connectivity index (χ4v) is 17.6. The van der Waals surface area contributed by atoms with Crippen molar-refractivity contribution >= 4 is 97.7 Å². The molecule has 0 bridgehead atoms. The number of nitrogens with zero attached hydrogens (tertiary/aromatic N) is 15. The van der Waals surface area contributed by atoms with Gasteiger partial charge in [-0.3, -0.25) is 4.90 Å². The maximum atomic E-state index is 11.5. The summed E-state index contributed by atoms with van der Waals surface area (Å²) in [7, 11) is 7.30. The molecule has 27 heteroatoms. The Morgan fingerprint density at radius 1 is 0.312 bits per heavy atom. The van der Waals surface area contributed by atoms with E-state index < -0.39 is 36.6 Å². The molecule has 0 saturated carbocycles. The smallest absolute Gasteiger partial charge is 0.686 e. The Bertz CT molecular complexity index is 7710. The number of likely N-dealkylation sites (N-methyl/N-ethyl adjacent to an activating group) is 2. The van der Waals surface area contributed by atoms with Gasteiger partial charge in [-0.25, -0.2) is 49.5 Å². The second-order valence-corrected chi connectivity index (χ2v) is 32.5. The SMILES string of the molecule is C[N+]1=c2cccc(C(=O)O)c2=NC1C1N=c2c(C(=O)O)cccc2=[N+]1C.C[N-]c1ccccc1-c1cc(-c2ccccc2)c2ccc3c(-c4ccccc4)cc(-c4ccccc4[N-]C)nc3c2n1.Oc1ccccc1-c1cccc(N(c2ccccc2)c2cccc(-c3ccccc3O)n2)n1.Oc1ccccc1C1=NC(C2N=C(c3ccccc3O)C=[N+]2c2ccccc2)[N+](c2ccccc2)=C1.[Pt+2].[Pt].[Pt].[Pt]. The molecule has 0 amide bonds. The van der Waals surface area contributed by atoms with Gasteiger partial charge in [0.2, 0.25) is 22.1 Å². The van der Waals surface area contributed by atoms with Crippen LogP contribution in [0.25, 0.3) is 99.7 Å². The number of hydrogen-bond acceptors (Lipinski definition) is 15. The summed E-state index contributed by atoms with van der Waals surface area (Å²) >= 11 is 0. The van der Waals surface area contributed by atoms with E-state index in [9.17, 15) is 40.2 Å². The molecule has 4 unspecified atom stereocenters. The van der Waals surface area contributed by atoms with Crippen molar-refractivity contribution in [1.29, 1.82) is 0 Å². The van der Waals surface area contributed by atoms with Crippen molar-refractivity contribution in [2.75, 3.05) is 33.1 Å². The molecule has 141 heavy (non-hydrogen) atoms. The van der Waals surface area contributed by atoms with Crippen LogP contribution in [0, 0.1) is 0 Å². The summed E-state index contributed by atoms with van der Waals surface area (Å²) in [5.41, 5.74) is 20.2. The van der Waals surface area contributed by atoms with Gasteiger partial charge in [0, 0.05) is 138 Å². The van der Waals surface area contributed by atoms with Gasteiger partial charge in [0.25, 0.3) is 0 Å². The van der Waals surface area contributed by atoms with E-state index in [-0.39, 0.29) is 118 Å². The molecule has 0 saturated heterocycles. The molecule has 4 aromatic heterocycles. The van der Waals surface area contributed by atoms with E-state index in [0.29, 0.717) is 78.1 Å². The number of aliphatic imine (C=N–C) groups is 2. The summed E-state index contributed by atoms with van der Waals surface area (Å²) in [4.78, 5) is 64.7. The number of carboxylic acids is 2. The molecule has 18 aromatic rings. The Kier molecular flexibility index (Phi) is 31.8. The third-order valence-electron chi connectivity index (χ3n) is 24.3. The summed E-state index contributed by atoms with van der Waals surface area (Å²) in [6.07, 6.45) is 2.19. The maximum Gasteiger partial charge on any atom is 2.00 e. The molecule has 14 aromatic carbocycles. The fraction of sp³-hybridized carbons (Fsp3) is 0.0702. The first-order valence-corrected chi connectivity index (χ1v) is 44.4. The van der Waals surface area contributed by atoms with Crippen molar-refractivity contribution in [3.63, 3.8) is 0 Å². The number of aromatic hydroxyl groups is 4. The first kappa shape index (κ1) is 99.8. The minimum atomic E-state index is -1.03. The van der Waals surface area contributed by atoms with Crippen LogP contribution in [0.5, 0.6) is 23.0 Å². The molecule has 8 heterocycles. The number of aromatic carboxylic acids is 2. The number of benzene rings is 14. The standard InChI is InChI=1S/C38H28N4.C30H22N4O2.C28H21N3O2.C18H14N4O4.4Pt/c1-39-33-19-11-9-17-29(33)35-23-31(25-13-5-3-6-14-25)27-21-22-28-32(26-15-7-4-8-16-26)24-36(42-38(28)37(27)41-35)30-18-10-12-20-34(30)40-2;35-27-17-9-7-15-23(27)25-19-33(21-11-3-1-4-12-21)29(31-25)30-32-26(24-16-8-10-18-28(24)36)20-34(30)22-13-5-2-6-14-22;32-25-16-6-4-12-21(25)23-14-8-18-27(29-23)31(20-10-2-1-3-11-20)28-19-9-15-24(30-28)22-13-5-7-17-26(22)33;1-21-11-7-3-5-9(17(23)24)13(11)19-15(21)16-20-14-10(18(25)26)6-4-8-12(14)22(16)2;;;;/h3-24H,1-2H3;1-20,29-30H;1-19,32-33H;3-8,15-16H,1-2H3;;;;/q-2;;;;;;;+2/p+4. The third kappa shape index (κ3) is 20.8. The maximum absolute atomic E-state index is 11.5. The molecule has 4 aliphatic rings. The van der Waals surface area contributed by atoms with Gasteiger partial charge < -0.3 is 41.3 Å². The molecule has 0 spiro atoms. The molecular formula is C114H89N15O8Pt4+4. The molecule has 23 nitrogen and oxygen atoms in total. The third-order valence-corrected chi connectivity index (χ3v) is 24.3. The van der Waals surface area contributed by atoms with Crippen LogP contribution in [0.1, 0.15) is 31.8 Å². The first-order chi connectivity index (χ1) is 67.0. The van der Waals surface area contributed by atoms with Gasteiger partial charge in [-0.15, -0.1) is 25.5 Å². The number of phenols is 4. The van der Waals surface area contributed by atoms with Gasteiger partial charge >= 0.3 is 57.7 Å². The van der Waals surface area contributed by atoms with Crippen LogP contribution in [0.2, 0.25) is 0 Å². The van der Waals surface area contributed by atoms with Crippen LogP contribution < -0.4 is 35.5 Å². The zero-order valence-corrected chi connectivity index (χ0v) is 85.1. The monoisotopic (exact) mass is 2580 g/mol. The molecule has 6 N–H and O–H groups in total. The largest absolute Gasteiger partial charge is 2.00 e. The average Bonchev–Trinajstić information content (AvgIpc) is 1.74. The normalized spacial score (nSPS) is 14.4. The van der Waals surface area contributed by atoms with Crippen molar-refractivity contribution in [1.82, 2.24) is 29.1 Å². The number of fused-ring (bicyclic) bond motifs is 5. The molecule has 4 atom stereocenters. The number of phenolic OH excluding ortho intramolecular Hbond substituents is 4. The van der Waals surface area contributed by atoms with E-state index in [4.69, 9.17) is 29.9 Å². The van der Waals surface area contributed by atoms with Crippen molar-refractivity contribution in [2.45, 2.75) is 24.7 Å². The zero-order chi connectivity index (χ0) is 94.2. The van der Waals surface area contributed by atoms with Gasteiger partial charge in [-0.2, -0.15) is 18.3 Å². The van der Waals surface area contributed by atoms with Gasteiger partial charge in [0.1, 0.15) is 60.2 Å². The second-order valence-electron chi connectivity index (χ2n) is 32.5.